The Morgan fingerprint density at radius 1 is 1.59 bits per heavy atom. The van der Waals surface area contributed by atoms with Gasteiger partial charge in [-0.3, -0.25) is 0 Å². The molecule has 0 spiro atoms. The molecule has 0 bridgehead atoms. The van der Waals surface area contributed by atoms with Crippen LogP contribution in [-0.4, -0.2) is 18.2 Å². The van der Waals surface area contributed by atoms with Gasteiger partial charge in [-0.05, 0) is 55.6 Å². The van der Waals surface area contributed by atoms with Crippen LogP contribution in [0, 0.1) is 6.92 Å². The molecule has 1 aromatic rings. The quantitative estimate of drug-likeness (QED) is 0.913. The van der Waals surface area contributed by atoms with Crippen molar-refractivity contribution < 1.29 is 4.74 Å². The Kier molecular flexibility index (Phi) is 4.29. The molecule has 0 aromatic carbocycles. The summed E-state index contributed by atoms with van der Waals surface area (Å²) in [4.78, 5) is 2.76. The minimum Gasteiger partial charge on any atom is -0.375 e. The van der Waals surface area contributed by atoms with Crippen molar-refractivity contribution in [2.75, 3.05) is 6.61 Å². The lowest BCUT2D eigenvalue weighted by Gasteiger charge is -2.35. The zero-order valence-electron chi connectivity index (χ0n) is 10.7. The molecule has 0 aliphatic carbocycles. The monoisotopic (exact) mass is 317 g/mol. The Morgan fingerprint density at radius 3 is 2.94 bits per heavy atom. The summed E-state index contributed by atoms with van der Waals surface area (Å²) in [6.45, 7) is 8.34. The van der Waals surface area contributed by atoms with E-state index in [2.05, 4.69) is 48.1 Å². The molecule has 1 aliphatic heterocycles. The van der Waals surface area contributed by atoms with E-state index in [0.29, 0.717) is 6.04 Å². The van der Waals surface area contributed by atoms with E-state index < -0.39 is 0 Å². The number of thiophene rings is 1. The second-order valence-electron chi connectivity index (χ2n) is 5.30. The highest BCUT2D eigenvalue weighted by Gasteiger charge is 2.28. The highest BCUT2D eigenvalue weighted by molar-refractivity contribution is 9.10. The lowest BCUT2D eigenvalue weighted by atomic mass is 9.94. The molecule has 2 nitrogen and oxygen atoms in total. The van der Waals surface area contributed by atoms with Gasteiger partial charge >= 0.3 is 0 Å². The van der Waals surface area contributed by atoms with Crippen LogP contribution >= 0.6 is 27.3 Å². The molecule has 96 valence electrons. The molecule has 4 heteroatoms. The topological polar surface area (TPSA) is 21.3 Å². The standard InChI is InChI=1S/C13H20BrNOS/c1-9-12(14)6-11(17-9)8-15-10-4-5-16-13(2,3)7-10/h6,10,15H,4-5,7-8H2,1-3H3. The molecule has 2 heterocycles. The molecule has 0 amide bonds. The summed E-state index contributed by atoms with van der Waals surface area (Å²) in [7, 11) is 0. The molecule has 17 heavy (non-hydrogen) atoms. The van der Waals surface area contributed by atoms with Gasteiger partial charge in [-0.2, -0.15) is 0 Å². The SMILES string of the molecule is Cc1sc(CNC2CCOC(C)(C)C2)cc1Br. The number of nitrogens with one attached hydrogen (secondary N) is 1. The van der Waals surface area contributed by atoms with E-state index in [4.69, 9.17) is 4.74 Å². The van der Waals surface area contributed by atoms with E-state index in [9.17, 15) is 0 Å². The molecule has 2 rings (SSSR count). The summed E-state index contributed by atoms with van der Waals surface area (Å²) in [5.74, 6) is 0. The minimum absolute atomic E-state index is 0.0296. The molecule has 0 saturated carbocycles. The highest BCUT2D eigenvalue weighted by atomic mass is 79.9. The van der Waals surface area contributed by atoms with E-state index in [1.165, 1.54) is 14.2 Å². The zero-order chi connectivity index (χ0) is 12.5. The Hall–Kier alpha value is 0.100. The van der Waals surface area contributed by atoms with Crippen LogP contribution in [0.15, 0.2) is 10.5 Å². The zero-order valence-corrected chi connectivity index (χ0v) is 13.1. The lowest BCUT2D eigenvalue weighted by molar-refractivity contribution is -0.0630. The van der Waals surface area contributed by atoms with Crippen LogP contribution in [0.25, 0.3) is 0 Å². The lowest BCUT2D eigenvalue weighted by Crippen LogP contribution is -2.43. The van der Waals surface area contributed by atoms with Crippen molar-refractivity contribution in [1.29, 1.82) is 0 Å². The predicted molar refractivity (Wildman–Crippen MR) is 76.6 cm³/mol. The second-order valence-corrected chi connectivity index (χ2v) is 7.49. The number of hydrogen-bond donors (Lipinski definition) is 1. The van der Waals surface area contributed by atoms with Crippen LogP contribution in [0.4, 0.5) is 0 Å². The van der Waals surface area contributed by atoms with Crippen molar-refractivity contribution in [3.63, 3.8) is 0 Å². The summed E-state index contributed by atoms with van der Waals surface area (Å²) in [5.41, 5.74) is 0.0296. The summed E-state index contributed by atoms with van der Waals surface area (Å²) in [5, 5.41) is 3.64. The van der Waals surface area contributed by atoms with Crippen molar-refractivity contribution >= 4 is 27.3 Å². The van der Waals surface area contributed by atoms with Crippen molar-refractivity contribution in [1.82, 2.24) is 5.32 Å². The van der Waals surface area contributed by atoms with Crippen molar-refractivity contribution in [2.24, 2.45) is 0 Å². The van der Waals surface area contributed by atoms with Crippen LogP contribution < -0.4 is 5.32 Å². The average molecular weight is 318 g/mol. The first-order chi connectivity index (χ1) is 7.96. The summed E-state index contributed by atoms with van der Waals surface area (Å²) in [6.07, 6.45) is 2.22. The van der Waals surface area contributed by atoms with Crippen molar-refractivity contribution in [3.8, 4) is 0 Å². The fourth-order valence-corrected chi connectivity index (χ4v) is 3.81. The molecule has 1 atom stereocenters. The average Bonchev–Trinajstić information content (AvgIpc) is 2.54. The molecular weight excluding hydrogens is 298 g/mol. The number of ether oxygens (including phenoxy) is 1. The normalized spacial score (nSPS) is 23.9. The number of hydrogen-bond acceptors (Lipinski definition) is 3. The van der Waals surface area contributed by atoms with Crippen LogP contribution in [0.3, 0.4) is 0 Å². The minimum atomic E-state index is 0.0296. The van der Waals surface area contributed by atoms with E-state index in [1.54, 1.807) is 0 Å². The molecular formula is C13H20BrNOS. The maximum Gasteiger partial charge on any atom is 0.0641 e. The smallest absolute Gasteiger partial charge is 0.0641 e. The maximum absolute atomic E-state index is 5.73. The van der Waals surface area contributed by atoms with Gasteiger partial charge in [0.15, 0.2) is 0 Å². The highest BCUT2D eigenvalue weighted by Crippen LogP contribution is 2.27. The Morgan fingerprint density at radius 2 is 2.35 bits per heavy atom. The maximum atomic E-state index is 5.73. The number of rotatable bonds is 3. The molecule has 1 fully saturated rings. The third kappa shape index (κ3) is 3.78. The van der Waals surface area contributed by atoms with Gasteiger partial charge in [0.2, 0.25) is 0 Å². The summed E-state index contributed by atoms with van der Waals surface area (Å²) < 4.78 is 6.95. The van der Waals surface area contributed by atoms with E-state index in [1.807, 2.05) is 11.3 Å². The Balaban J connectivity index is 1.86. The third-order valence-electron chi connectivity index (χ3n) is 3.17. The first kappa shape index (κ1) is 13.5. The molecule has 1 unspecified atom stereocenters. The van der Waals surface area contributed by atoms with Gasteiger partial charge in [0.25, 0.3) is 0 Å². The van der Waals surface area contributed by atoms with Gasteiger partial charge in [-0.1, -0.05) is 0 Å². The Labute approximate surface area is 116 Å². The van der Waals surface area contributed by atoms with Gasteiger partial charge in [-0.15, -0.1) is 11.3 Å². The number of aryl methyl sites for hydroxylation is 1. The molecule has 1 aliphatic rings. The van der Waals surface area contributed by atoms with Crippen molar-refractivity contribution in [2.45, 2.75) is 51.8 Å². The van der Waals surface area contributed by atoms with Crippen molar-refractivity contribution in [3.05, 3.63) is 20.3 Å². The molecule has 0 radical (unpaired) electrons. The first-order valence-corrected chi connectivity index (χ1v) is 7.69. The first-order valence-electron chi connectivity index (χ1n) is 6.08. The fourth-order valence-electron chi connectivity index (χ4n) is 2.26. The second kappa shape index (κ2) is 5.39. The van der Waals surface area contributed by atoms with Crippen LogP contribution in [0.5, 0.6) is 0 Å². The Bertz CT molecular complexity index is 369. The largest absolute Gasteiger partial charge is 0.375 e. The number of halogens is 1. The van der Waals surface area contributed by atoms with E-state index >= 15 is 0 Å². The van der Waals surface area contributed by atoms with Crippen LogP contribution in [0.2, 0.25) is 0 Å². The van der Waals surface area contributed by atoms with E-state index in [-0.39, 0.29) is 5.60 Å². The molecule has 1 N–H and O–H groups in total. The fraction of sp³-hybridized carbons (Fsp3) is 0.692. The summed E-state index contributed by atoms with van der Waals surface area (Å²) >= 11 is 5.42. The van der Waals surface area contributed by atoms with Gasteiger partial charge in [-0.25, -0.2) is 0 Å². The van der Waals surface area contributed by atoms with Crippen LogP contribution in [-0.2, 0) is 11.3 Å². The molecule has 1 aromatic heterocycles. The predicted octanol–water partition coefficient (Wildman–Crippen LogP) is 3.87. The van der Waals surface area contributed by atoms with Gasteiger partial charge in [0.05, 0.1) is 5.60 Å². The third-order valence-corrected chi connectivity index (χ3v) is 5.31. The summed E-state index contributed by atoms with van der Waals surface area (Å²) in [6, 6.07) is 2.80. The molecule has 1 saturated heterocycles. The van der Waals surface area contributed by atoms with E-state index in [0.717, 1.165) is 26.0 Å². The van der Waals surface area contributed by atoms with Crippen LogP contribution in [0.1, 0.15) is 36.4 Å². The van der Waals surface area contributed by atoms with Gasteiger partial charge in [0.1, 0.15) is 0 Å². The van der Waals surface area contributed by atoms with Gasteiger partial charge in [0, 0.05) is 33.4 Å². The van der Waals surface area contributed by atoms with Gasteiger partial charge < -0.3 is 10.1 Å².